The van der Waals surface area contributed by atoms with Gasteiger partial charge in [-0.25, -0.2) is 4.79 Å². The maximum absolute atomic E-state index is 12.9. The number of aromatic nitrogens is 3. The number of fused-ring (bicyclic) bond motifs is 1. The van der Waals surface area contributed by atoms with Gasteiger partial charge in [0.25, 0.3) is 5.91 Å². The van der Waals surface area contributed by atoms with E-state index >= 15 is 0 Å². The van der Waals surface area contributed by atoms with Gasteiger partial charge in [-0.05, 0) is 32.4 Å². The summed E-state index contributed by atoms with van der Waals surface area (Å²) >= 11 is 0. The molecule has 7 nitrogen and oxygen atoms in total. The van der Waals surface area contributed by atoms with Gasteiger partial charge in [0, 0.05) is 5.56 Å². The van der Waals surface area contributed by atoms with Crippen LogP contribution in [0.4, 0.5) is 0 Å². The topological polar surface area (TPSA) is 88.3 Å². The van der Waals surface area contributed by atoms with Gasteiger partial charge in [-0.2, -0.15) is 0 Å². The Morgan fingerprint density at radius 3 is 2.65 bits per heavy atom. The monoisotopic (exact) mass is 314 g/mol. The summed E-state index contributed by atoms with van der Waals surface area (Å²) in [5.41, 5.74) is 2.32. The van der Waals surface area contributed by atoms with Crippen LogP contribution in [0.15, 0.2) is 18.2 Å². The summed E-state index contributed by atoms with van der Waals surface area (Å²) < 4.78 is 1.76. The maximum Gasteiger partial charge on any atom is 0.328 e. The smallest absolute Gasteiger partial charge is 0.328 e. The zero-order chi connectivity index (χ0) is 16.7. The molecule has 0 radical (unpaired) electrons. The molecule has 2 aromatic rings. The SMILES string of the molecule is Cc1ccc(C)c(C(=O)N2Cc3nnc(C)n3CC2C(=O)O)c1. The highest BCUT2D eigenvalue weighted by Crippen LogP contribution is 2.22. The molecule has 1 aliphatic rings. The van der Waals surface area contributed by atoms with Crippen LogP contribution in [0, 0.1) is 20.8 Å². The van der Waals surface area contributed by atoms with Crippen LogP contribution in [0.1, 0.15) is 33.1 Å². The van der Waals surface area contributed by atoms with Crippen molar-refractivity contribution in [2.45, 2.75) is 39.9 Å². The van der Waals surface area contributed by atoms with E-state index < -0.39 is 12.0 Å². The molecular formula is C16H18N4O3. The number of carboxylic acids is 1. The zero-order valence-corrected chi connectivity index (χ0v) is 13.3. The summed E-state index contributed by atoms with van der Waals surface area (Å²) in [6, 6.07) is 4.66. The largest absolute Gasteiger partial charge is 0.480 e. The van der Waals surface area contributed by atoms with Crippen molar-refractivity contribution >= 4 is 11.9 Å². The first-order valence-electron chi connectivity index (χ1n) is 7.38. The third kappa shape index (κ3) is 2.58. The van der Waals surface area contributed by atoms with Crippen molar-refractivity contribution in [1.82, 2.24) is 19.7 Å². The molecule has 1 amide bonds. The van der Waals surface area contributed by atoms with E-state index in [-0.39, 0.29) is 19.0 Å². The van der Waals surface area contributed by atoms with Gasteiger partial charge in [0.2, 0.25) is 0 Å². The van der Waals surface area contributed by atoms with Crippen molar-refractivity contribution in [1.29, 1.82) is 0 Å². The van der Waals surface area contributed by atoms with Gasteiger partial charge >= 0.3 is 5.97 Å². The normalized spacial score (nSPS) is 17.0. The van der Waals surface area contributed by atoms with Crippen LogP contribution in [-0.4, -0.2) is 42.7 Å². The van der Waals surface area contributed by atoms with Gasteiger partial charge in [0.05, 0.1) is 13.1 Å². The third-order valence-corrected chi connectivity index (χ3v) is 4.23. The number of amides is 1. The van der Waals surface area contributed by atoms with E-state index in [4.69, 9.17) is 0 Å². The van der Waals surface area contributed by atoms with E-state index in [9.17, 15) is 14.7 Å². The van der Waals surface area contributed by atoms with Crippen LogP contribution in [0.2, 0.25) is 0 Å². The number of hydrogen-bond acceptors (Lipinski definition) is 4. The number of rotatable bonds is 2. The molecule has 3 rings (SSSR count). The molecule has 0 bridgehead atoms. The molecular weight excluding hydrogens is 296 g/mol. The number of carbonyl (C=O) groups is 2. The Balaban J connectivity index is 2.01. The Morgan fingerprint density at radius 1 is 1.22 bits per heavy atom. The summed E-state index contributed by atoms with van der Waals surface area (Å²) in [6.45, 7) is 5.84. The number of carboxylic acid groups (broad SMARTS) is 1. The Hall–Kier alpha value is -2.70. The average Bonchev–Trinajstić information content (AvgIpc) is 2.88. The second-order valence-electron chi connectivity index (χ2n) is 5.88. The fourth-order valence-corrected chi connectivity index (χ4v) is 2.86. The quantitative estimate of drug-likeness (QED) is 0.903. The van der Waals surface area contributed by atoms with Crippen LogP contribution in [0.25, 0.3) is 0 Å². The molecule has 1 unspecified atom stereocenters. The van der Waals surface area contributed by atoms with Gasteiger partial charge in [-0.1, -0.05) is 17.7 Å². The first-order chi connectivity index (χ1) is 10.9. The van der Waals surface area contributed by atoms with E-state index in [1.54, 1.807) is 17.6 Å². The number of carbonyl (C=O) groups excluding carboxylic acids is 1. The van der Waals surface area contributed by atoms with Gasteiger partial charge in [0.1, 0.15) is 11.9 Å². The van der Waals surface area contributed by atoms with Gasteiger partial charge < -0.3 is 14.6 Å². The molecule has 0 saturated carbocycles. The van der Waals surface area contributed by atoms with E-state index in [2.05, 4.69) is 10.2 Å². The van der Waals surface area contributed by atoms with Crippen molar-refractivity contribution in [3.8, 4) is 0 Å². The summed E-state index contributed by atoms with van der Waals surface area (Å²) in [6.07, 6.45) is 0. The Bertz CT molecular complexity index is 797. The van der Waals surface area contributed by atoms with Crippen molar-refractivity contribution in [3.05, 3.63) is 46.5 Å². The Labute approximate surface area is 133 Å². The molecule has 1 aliphatic heterocycles. The van der Waals surface area contributed by atoms with Crippen LogP contribution in [-0.2, 0) is 17.9 Å². The summed E-state index contributed by atoms with van der Waals surface area (Å²) in [5.74, 6) is -0.0448. The van der Waals surface area contributed by atoms with Gasteiger partial charge in [0.15, 0.2) is 5.82 Å². The Kier molecular flexibility index (Phi) is 3.63. The minimum atomic E-state index is -1.03. The minimum Gasteiger partial charge on any atom is -0.480 e. The fraction of sp³-hybridized carbons (Fsp3) is 0.375. The molecule has 1 atom stereocenters. The lowest BCUT2D eigenvalue weighted by atomic mass is 10.0. The molecule has 0 saturated heterocycles. The Morgan fingerprint density at radius 2 is 1.96 bits per heavy atom. The van der Waals surface area contributed by atoms with Crippen LogP contribution >= 0.6 is 0 Å². The molecule has 120 valence electrons. The molecule has 0 fully saturated rings. The first-order valence-corrected chi connectivity index (χ1v) is 7.38. The first kappa shape index (κ1) is 15.2. The lowest BCUT2D eigenvalue weighted by Crippen LogP contribution is -2.50. The van der Waals surface area contributed by atoms with Crippen LogP contribution in [0.3, 0.4) is 0 Å². The molecule has 7 heteroatoms. The van der Waals surface area contributed by atoms with Crippen molar-refractivity contribution < 1.29 is 14.7 Å². The third-order valence-electron chi connectivity index (χ3n) is 4.23. The molecule has 1 aromatic heterocycles. The van der Waals surface area contributed by atoms with Crippen LogP contribution in [0.5, 0.6) is 0 Å². The average molecular weight is 314 g/mol. The second kappa shape index (κ2) is 5.49. The summed E-state index contributed by atoms with van der Waals surface area (Å²) in [7, 11) is 0. The second-order valence-corrected chi connectivity index (χ2v) is 5.88. The van der Waals surface area contributed by atoms with E-state index in [1.165, 1.54) is 4.90 Å². The highest BCUT2D eigenvalue weighted by atomic mass is 16.4. The molecule has 23 heavy (non-hydrogen) atoms. The molecule has 1 aromatic carbocycles. The van der Waals surface area contributed by atoms with Gasteiger partial charge in [-0.3, -0.25) is 4.79 Å². The summed E-state index contributed by atoms with van der Waals surface area (Å²) in [4.78, 5) is 25.9. The van der Waals surface area contributed by atoms with E-state index in [0.717, 1.165) is 11.1 Å². The predicted octanol–water partition coefficient (Wildman–Crippen LogP) is 1.31. The van der Waals surface area contributed by atoms with Gasteiger partial charge in [-0.15, -0.1) is 10.2 Å². The van der Waals surface area contributed by atoms with Crippen molar-refractivity contribution in [3.63, 3.8) is 0 Å². The highest BCUT2D eigenvalue weighted by molar-refractivity contribution is 5.98. The van der Waals surface area contributed by atoms with E-state index in [1.807, 2.05) is 26.0 Å². The van der Waals surface area contributed by atoms with Crippen LogP contribution < -0.4 is 0 Å². The fourth-order valence-electron chi connectivity index (χ4n) is 2.86. The number of benzene rings is 1. The number of hydrogen-bond donors (Lipinski definition) is 1. The van der Waals surface area contributed by atoms with Crippen molar-refractivity contribution in [2.75, 3.05) is 0 Å². The molecule has 2 heterocycles. The standard InChI is InChI=1S/C16H18N4O3/c1-9-4-5-10(2)12(6-9)15(21)20-8-14-18-17-11(3)19(14)7-13(20)16(22)23/h4-6,13H,7-8H2,1-3H3,(H,22,23). The predicted molar refractivity (Wildman–Crippen MR) is 82.0 cm³/mol. The number of nitrogens with zero attached hydrogens (tertiary/aromatic N) is 4. The summed E-state index contributed by atoms with van der Waals surface area (Å²) in [5, 5.41) is 17.5. The molecule has 1 N–H and O–H groups in total. The number of aliphatic carboxylic acids is 1. The zero-order valence-electron chi connectivity index (χ0n) is 13.3. The van der Waals surface area contributed by atoms with Crippen molar-refractivity contribution in [2.24, 2.45) is 0 Å². The molecule has 0 spiro atoms. The highest BCUT2D eigenvalue weighted by Gasteiger charge is 2.37. The lowest BCUT2D eigenvalue weighted by molar-refractivity contribution is -0.143. The van der Waals surface area contributed by atoms with E-state index in [0.29, 0.717) is 17.2 Å². The number of aryl methyl sites for hydroxylation is 3. The lowest BCUT2D eigenvalue weighted by Gasteiger charge is -2.33. The minimum absolute atomic E-state index is 0.143. The maximum atomic E-state index is 12.9. The molecule has 0 aliphatic carbocycles.